The van der Waals surface area contributed by atoms with Gasteiger partial charge in [-0.2, -0.15) is 0 Å². The first-order chi connectivity index (χ1) is 15.2. The van der Waals surface area contributed by atoms with Crippen molar-refractivity contribution in [1.29, 1.82) is 0 Å². The maximum Gasteiger partial charge on any atom is 0.168 e. The maximum absolute atomic E-state index is 12.0. The molecular formula is C27H20N2O2. The normalized spacial score (nSPS) is 14.6. The van der Waals surface area contributed by atoms with E-state index >= 15 is 0 Å². The van der Waals surface area contributed by atoms with Crippen LogP contribution in [0.15, 0.2) is 84.6 Å². The fraction of sp³-hybridized carbons (Fsp3) is 0.111. The van der Waals surface area contributed by atoms with Gasteiger partial charge in [0.25, 0.3) is 0 Å². The highest BCUT2D eigenvalue weighted by Gasteiger charge is 2.24. The molecule has 4 heteroatoms. The second-order valence-corrected chi connectivity index (χ2v) is 7.64. The van der Waals surface area contributed by atoms with Gasteiger partial charge in [0, 0.05) is 23.6 Å². The van der Waals surface area contributed by atoms with Gasteiger partial charge in [0.1, 0.15) is 5.69 Å². The highest BCUT2D eigenvalue weighted by atomic mass is 16.1. The van der Waals surface area contributed by atoms with E-state index in [1.807, 2.05) is 24.3 Å². The Hall–Kier alpha value is -3.92. The molecule has 0 saturated heterocycles. The molecule has 0 spiro atoms. The maximum atomic E-state index is 12.0. The Kier molecular flexibility index (Phi) is 4.97. The molecule has 0 radical (unpaired) electrons. The highest BCUT2D eigenvalue weighted by molar-refractivity contribution is 6.09. The van der Waals surface area contributed by atoms with E-state index in [4.69, 9.17) is 0 Å². The molecular weight excluding hydrogens is 384 g/mol. The molecule has 0 fully saturated rings. The third-order valence-corrected chi connectivity index (χ3v) is 5.81. The number of fused-ring (bicyclic) bond motifs is 5. The van der Waals surface area contributed by atoms with Gasteiger partial charge in [0.05, 0.1) is 0 Å². The number of hydrogen-bond donors (Lipinski definition) is 0. The van der Waals surface area contributed by atoms with Crippen LogP contribution in [-0.2, 0) is 11.2 Å². The van der Waals surface area contributed by atoms with Crippen LogP contribution in [0.3, 0.4) is 0 Å². The fourth-order valence-electron chi connectivity index (χ4n) is 4.33. The van der Waals surface area contributed by atoms with E-state index in [9.17, 15) is 9.59 Å². The van der Waals surface area contributed by atoms with Gasteiger partial charge in [-0.05, 0) is 64.6 Å². The minimum Gasteiger partial charge on any atom is -0.296 e. The first-order valence-corrected chi connectivity index (χ1v) is 10.4. The molecule has 150 valence electrons. The molecule has 2 aliphatic carbocycles. The van der Waals surface area contributed by atoms with E-state index < -0.39 is 0 Å². The number of hydrogen-bond acceptors (Lipinski definition) is 4. The lowest BCUT2D eigenvalue weighted by molar-refractivity contribution is -0.115. The molecule has 0 atom stereocenters. The van der Waals surface area contributed by atoms with Crippen molar-refractivity contribution in [1.82, 2.24) is 9.97 Å². The number of carbonyl (C=O) groups is 2. The van der Waals surface area contributed by atoms with Crippen molar-refractivity contribution < 1.29 is 9.59 Å². The van der Waals surface area contributed by atoms with Crippen molar-refractivity contribution in [3.05, 3.63) is 101 Å². The second-order valence-electron chi connectivity index (χ2n) is 7.64. The Balaban J connectivity index is 0.000000147. The van der Waals surface area contributed by atoms with Gasteiger partial charge in [-0.1, -0.05) is 48.6 Å². The number of ketones is 1. The van der Waals surface area contributed by atoms with Crippen LogP contribution in [0, 0.1) is 0 Å². The van der Waals surface area contributed by atoms with Gasteiger partial charge in [-0.15, -0.1) is 0 Å². The summed E-state index contributed by atoms with van der Waals surface area (Å²) in [6, 6.07) is 20.1. The summed E-state index contributed by atoms with van der Waals surface area (Å²) in [5.74, 6) is 0.302. The summed E-state index contributed by atoms with van der Waals surface area (Å²) in [6.45, 7) is 0. The number of aryl methyl sites for hydroxylation is 1. The van der Waals surface area contributed by atoms with Gasteiger partial charge in [0.15, 0.2) is 17.7 Å². The fourth-order valence-corrected chi connectivity index (χ4v) is 4.33. The molecule has 2 aromatic carbocycles. The quantitative estimate of drug-likeness (QED) is 0.393. The van der Waals surface area contributed by atoms with Crippen molar-refractivity contribution in [2.24, 2.45) is 0 Å². The number of Topliss-reactive ketones (excluding diaryl/α,β-unsaturated/α-hetero) is 1. The number of rotatable bonds is 1. The zero-order chi connectivity index (χ0) is 21.2. The van der Waals surface area contributed by atoms with Gasteiger partial charge in [-0.25, -0.2) is 9.97 Å². The van der Waals surface area contributed by atoms with E-state index in [0.717, 1.165) is 29.4 Å². The smallest absolute Gasteiger partial charge is 0.168 e. The van der Waals surface area contributed by atoms with Crippen LogP contribution in [0.4, 0.5) is 0 Å². The van der Waals surface area contributed by atoms with Gasteiger partial charge < -0.3 is 0 Å². The molecule has 2 aliphatic rings. The molecule has 0 saturated carbocycles. The first-order valence-electron chi connectivity index (χ1n) is 10.4. The van der Waals surface area contributed by atoms with Crippen LogP contribution < -0.4 is 0 Å². The molecule has 0 amide bonds. The van der Waals surface area contributed by atoms with E-state index in [1.54, 1.807) is 12.3 Å². The van der Waals surface area contributed by atoms with E-state index in [0.29, 0.717) is 29.8 Å². The van der Waals surface area contributed by atoms with Crippen LogP contribution in [0.25, 0.3) is 27.4 Å². The Morgan fingerprint density at radius 1 is 0.871 bits per heavy atom. The molecule has 31 heavy (non-hydrogen) atoms. The van der Waals surface area contributed by atoms with Gasteiger partial charge in [0.2, 0.25) is 0 Å². The van der Waals surface area contributed by atoms with Gasteiger partial charge in [-0.3, -0.25) is 9.59 Å². The molecule has 4 nitrogen and oxygen atoms in total. The molecule has 0 aliphatic heterocycles. The lowest BCUT2D eigenvalue weighted by Gasteiger charge is -2.24. The molecule has 6 rings (SSSR count). The Bertz CT molecular complexity index is 1400. The summed E-state index contributed by atoms with van der Waals surface area (Å²) in [6.07, 6.45) is 8.93. The zero-order valence-corrected chi connectivity index (χ0v) is 16.9. The van der Waals surface area contributed by atoms with Crippen molar-refractivity contribution >= 4 is 39.4 Å². The summed E-state index contributed by atoms with van der Waals surface area (Å²) in [4.78, 5) is 30.4. The number of aldehydes is 1. The number of allylic oxidation sites excluding steroid dienone is 4. The summed E-state index contributed by atoms with van der Waals surface area (Å²) in [5, 5.41) is 3.57. The average molecular weight is 404 g/mol. The van der Waals surface area contributed by atoms with Crippen molar-refractivity contribution in [2.45, 2.75) is 19.3 Å². The third kappa shape index (κ3) is 3.57. The number of carbonyl (C=O) groups excluding carboxylic acids is 2. The molecule has 0 bridgehead atoms. The lowest BCUT2D eigenvalue weighted by Crippen LogP contribution is -2.14. The summed E-state index contributed by atoms with van der Waals surface area (Å²) in [7, 11) is 0. The van der Waals surface area contributed by atoms with Gasteiger partial charge >= 0.3 is 0 Å². The summed E-state index contributed by atoms with van der Waals surface area (Å²) in [5.41, 5.74) is 5.87. The number of nitrogens with zero attached hydrogens (tertiary/aromatic N) is 2. The largest absolute Gasteiger partial charge is 0.296 e. The molecule has 2 aromatic heterocycles. The minimum atomic E-state index is 0.302. The molecule has 0 unspecified atom stereocenters. The Labute approximate surface area is 180 Å². The van der Waals surface area contributed by atoms with Crippen molar-refractivity contribution in [3.8, 4) is 0 Å². The minimum absolute atomic E-state index is 0.302. The zero-order valence-electron chi connectivity index (χ0n) is 16.9. The number of aromatic nitrogens is 2. The van der Waals surface area contributed by atoms with Crippen LogP contribution in [0.2, 0.25) is 0 Å². The standard InChI is InChI=1S/C18H14O.C9H6N2O/c19-18-7-3-6-14-16-9-8-12-4-1-2-5-13(12)15(16)10-11-17(14)18;12-6-8-4-3-7-2-1-5-10-9(7)11-8/h1-6,8-9H,7,10-11H2;1-6H. The number of pyridine rings is 2. The average Bonchev–Trinajstić information content (AvgIpc) is 2.84. The van der Waals surface area contributed by atoms with E-state index in [1.165, 1.54) is 21.9 Å². The first kappa shape index (κ1) is 19.1. The topological polar surface area (TPSA) is 59.9 Å². The predicted octanol–water partition coefficient (Wildman–Crippen LogP) is 5.51. The van der Waals surface area contributed by atoms with Crippen LogP contribution >= 0.6 is 0 Å². The number of benzene rings is 2. The lowest BCUT2D eigenvalue weighted by atomic mass is 9.79. The second kappa shape index (κ2) is 8.07. The Morgan fingerprint density at radius 3 is 2.61 bits per heavy atom. The van der Waals surface area contributed by atoms with Crippen molar-refractivity contribution in [2.75, 3.05) is 0 Å². The van der Waals surface area contributed by atoms with Crippen LogP contribution in [0.1, 0.15) is 34.5 Å². The summed E-state index contributed by atoms with van der Waals surface area (Å²) < 4.78 is 0. The molecule has 4 aromatic rings. The SMILES string of the molecule is O=C1CC=CC2=C1CCc1c2ccc2ccccc12.O=Cc1ccc2cccnc2n1. The Morgan fingerprint density at radius 2 is 1.71 bits per heavy atom. The van der Waals surface area contributed by atoms with Crippen molar-refractivity contribution in [3.63, 3.8) is 0 Å². The van der Waals surface area contributed by atoms with E-state index in [-0.39, 0.29) is 0 Å². The van der Waals surface area contributed by atoms with E-state index in [2.05, 4.69) is 52.4 Å². The monoisotopic (exact) mass is 404 g/mol. The summed E-state index contributed by atoms with van der Waals surface area (Å²) >= 11 is 0. The predicted molar refractivity (Wildman–Crippen MR) is 123 cm³/mol. The van der Waals surface area contributed by atoms with Crippen LogP contribution in [0.5, 0.6) is 0 Å². The third-order valence-electron chi connectivity index (χ3n) is 5.81. The highest BCUT2D eigenvalue weighted by Crippen LogP contribution is 2.38. The van der Waals surface area contributed by atoms with Crippen LogP contribution in [-0.4, -0.2) is 22.0 Å². The molecule has 0 N–H and O–H groups in total. The molecule has 2 heterocycles.